The summed E-state index contributed by atoms with van der Waals surface area (Å²) in [5.41, 5.74) is 1.18. The summed E-state index contributed by atoms with van der Waals surface area (Å²) in [6.07, 6.45) is 4.43. The molecule has 1 aromatic heterocycles. The lowest BCUT2D eigenvalue weighted by Gasteiger charge is -2.32. The maximum atomic E-state index is 13.6. The van der Waals surface area contributed by atoms with Crippen molar-refractivity contribution < 1.29 is 23.5 Å². The second-order valence-corrected chi connectivity index (χ2v) is 11.2. The second-order valence-electron chi connectivity index (χ2n) is 11.2. The molecule has 0 saturated carbocycles. The van der Waals surface area contributed by atoms with Gasteiger partial charge in [-0.2, -0.15) is 0 Å². The van der Waals surface area contributed by atoms with E-state index in [1.165, 1.54) is 0 Å². The van der Waals surface area contributed by atoms with Gasteiger partial charge in [0.25, 0.3) is 0 Å². The van der Waals surface area contributed by atoms with Crippen LogP contribution in [-0.2, 0) is 22.6 Å². The van der Waals surface area contributed by atoms with E-state index in [2.05, 4.69) is 27.7 Å². The van der Waals surface area contributed by atoms with Crippen LogP contribution in [0.2, 0.25) is 0 Å². The third-order valence-electron chi connectivity index (χ3n) is 6.63. The zero-order chi connectivity index (χ0) is 27.6. The van der Waals surface area contributed by atoms with Crippen LogP contribution in [0.1, 0.15) is 72.1 Å². The summed E-state index contributed by atoms with van der Waals surface area (Å²) in [5.74, 6) is 2.23. The minimum Gasteiger partial charge on any atom is -0.493 e. The molecule has 0 radical (unpaired) electrons. The summed E-state index contributed by atoms with van der Waals surface area (Å²) in [7, 11) is 3.21. The van der Waals surface area contributed by atoms with Crippen LogP contribution in [0.5, 0.6) is 11.5 Å². The lowest BCUT2D eigenvalue weighted by atomic mass is 9.84. The zero-order valence-electron chi connectivity index (χ0n) is 24.0. The van der Waals surface area contributed by atoms with Gasteiger partial charge in [0.05, 0.1) is 27.0 Å². The van der Waals surface area contributed by atoms with E-state index >= 15 is 0 Å². The fourth-order valence-electron chi connectivity index (χ4n) is 4.67. The molecule has 0 unspecified atom stereocenters. The standard InChI is InChI=1S/C30H46N2O5/c1-9-23(3)32(28(33)17-22(2)19-30(4,5)6)21-29(34)31(20-25-11-10-16-37-25)15-14-24-12-13-26(35-7)27(18-24)36-8/h10-13,16,18,22-23H,9,14-15,17,19-21H2,1-8H3/t22-,23-/m1/s1. The van der Waals surface area contributed by atoms with Crippen molar-refractivity contribution in [2.75, 3.05) is 27.3 Å². The summed E-state index contributed by atoms with van der Waals surface area (Å²) in [5, 5.41) is 0. The fraction of sp³-hybridized carbons (Fsp3) is 0.600. The predicted molar refractivity (Wildman–Crippen MR) is 147 cm³/mol. The minimum atomic E-state index is -0.0889. The fourth-order valence-corrected chi connectivity index (χ4v) is 4.67. The summed E-state index contributed by atoms with van der Waals surface area (Å²) < 4.78 is 16.3. The maximum absolute atomic E-state index is 13.6. The van der Waals surface area contributed by atoms with Gasteiger partial charge in [-0.25, -0.2) is 0 Å². The van der Waals surface area contributed by atoms with E-state index in [1.807, 2.05) is 44.2 Å². The van der Waals surface area contributed by atoms with Crippen LogP contribution in [0.4, 0.5) is 0 Å². The van der Waals surface area contributed by atoms with Gasteiger partial charge in [-0.3, -0.25) is 9.59 Å². The Balaban J connectivity index is 2.17. The first-order valence-electron chi connectivity index (χ1n) is 13.3. The normalized spacial score (nSPS) is 13.1. The largest absolute Gasteiger partial charge is 0.493 e. The molecular formula is C30H46N2O5. The van der Waals surface area contributed by atoms with E-state index in [4.69, 9.17) is 13.9 Å². The molecule has 2 rings (SSSR count). The summed E-state index contributed by atoms with van der Waals surface area (Å²) in [6.45, 7) is 13.6. The number of amides is 2. The molecular weight excluding hydrogens is 468 g/mol. The first-order valence-corrected chi connectivity index (χ1v) is 13.3. The first-order chi connectivity index (χ1) is 17.5. The van der Waals surface area contributed by atoms with Gasteiger partial charge in [0.1, 0.15) is 12.3 Å². The van der Waals surface area contributed by atoms with Gasteiger partial charge in [-0.1, -0.05) is 40.7 Å². The van der Waals surface area contributed by atoms with Crippen molar-refractivity contribution in [3.05, 3.63) is 47.9 Å². The van der Waals surface area contributed by atoms with E-state index < -0.39 is 0 Å². The molecule has 0 bridgehead atoms. The van der Waals surface area contributed by atoms with Gasteiger partial charge in [0, 0.05) is 19.0 Å². The summed E-state index contributed by atoms with van der Waals surface area (Å²) in [4.78, 5) is 30.5. The second kappa shape index (κ2) is 14.1. The molecule has 37 heavy (non-hydrogen) atoms. The highest BCUT2D eigenvalue weighted by molar-refractivity contribution is 5.85. The Morgan fingerprint density at radius 2 is 1.73 bits per heavy atom. The Hall–Kier alpha value is -2.96. The Kier molecular flexibility index (Phi) is 11.5. The predicted octanol–water partition coefficient (Wildman–Crippen LogP) is 5.96. The molecule has 0 aliphatic heterocycles. The molecule has 7 heteroatoms. The number of methoxy groups -OCH3 is 2. The van der Waals surface area contributed by atoms with Crippen LogP contribution in [0, 0.1) is 11.3 Å². The smallest absolute Gasteiger partial charge is 0.242 e. The lowest BCUT2D eigenvalue weighted by Crippen LogP contribution is -2.47. The number of rotatable bonds is 14. The monoisotopic (exact) mass is 514 g/mol. The molecule has 0 aliphatic rings. The molecule has 2 amide bonds. The van der Waals surface area contributed by atoms with Crippen molar-refractivity contribution in [2.24, 2.45) is 11.3 Å². The highest BCUT2D eigenvalue weighted by Gasteiger charge is 2.27. The zero-order valence-corrected chi connectivity index (χ0v) is 24.0. The third-order valence-corrected chi connectivity index (χ3v) is 6.63. The van der Waals surface area contributed by atoms with Gasteiger partial charge in [0.15, 0.2) is 11.5 Å². The number of carbonyl (C=O) groups excluding carboxylic acids is 2. The average Bonchev–Trinajstić information content (AvgIpc) is 3.36. The Morgan fingerprint density at radius 1 is 1.03 bits per heavy atom. The van der Waals surface area contributed by atoms with Gasteiger partial charge in [-0.15, -0.1) is 0 Å². The third kappa shape index (κ3) is 9.78. The van der Waals surface area contributed by atoms with Crippen LogP contribution in [0.25, 0.3) is 0 Å². The van der Waals surface area contributed by atoms with E-state index in [0.717, 1.165) is 18.4 Å². The van der Waals surface area contributed by atoms with E-state index in [9.17, 15) is 9.59 Å². The maximum Gasteiger partial charge on any atom is 0.242 e. The molecule has 1 aromatic carbocycles. The van der Waals surface area contributed by atoms with Gasteiger partial charge >= 0.3 is 0 Å². The van der Waals surface area contributed by atoms with Crippen molar-refractivity contribution >= 4 is 11.8 Å². The van der Waals surface area contributed by atoms with E-state index in [0.29, 0.717) is 43.2 Å². The van der Waals surface area contributed by atoms with Crippen molar-refractivity contribution in [1.29, 1.82) is 0 Å². The SMILES string of the molecule is CC[C@@H](C)N(CC(=O)N(CCc1ccc(OC)c(OC)c1)Cc1ccco1)C(=O)C[C@@H](C)CC(C)(C)C. The van der Waals surface area contributed by atoms with Crippen molar-refractivity contribution in [3.8, 4) is 11.5 Å². The van der Waals surface area contributed by atoms with Crippen molar-refractivity contribution in [1.82, 2.24) is 9.80 Å². The first kappa shape index (κ1) is 30.3. The van der Waals surface area contributed by atoms with E-state index in [1.54, 1.807) is 30.3 Å². The van der Waals surface area contributed by atoms with Crippen molar-refractivity contribution in [3.63, 3.8) is 0 Å². The molecule has 2 aromatic rings. The van der Waals surface area contributed by atoms with Crippen LogP contribution in [0.15, 0.2) is 41.0 Å². The topological polar surface area (TPSA) is 72.2 Å². The molecule has 0 spiro atoms. The van der Waals surface area contributed by atoms with Crippen LogP contribution < -0.4 is 9.47 Å². The average molecular weight is 515 g/mol. The Bertz CT molecular complexity index is 980. The van der Waals surface area contributed by atoms with Crippen LogP contribution >= 0.6 is 0 Å². The van der Waals surface area contributed by atoms with Gasteiger partial charge < -0.3 is 23.7 Å². The van der Waals surface area contributed by atoms with Crippen LogP contribution in [-0.4, -0.2) is 55.0 Å². The number of hydrogen-bond acceptors (Lipinski definition) is 5. The number of nitrogens with zero attached hydrogens (tertiary/aromatic N) is 2. The summed E-state index contributed by atoms with van der Waals surface area (Å²) >= 11 is 0. The van der Waals surface area contributed by atoms with Crippen molar-refractivity contribution in [2.45, 2.75) is 79.8 Å². The number of hydrogen-bond donors (Lipinski definition) is 0. The minimum absolute atomic E-state index is 0.0189. The van der Waals surface area contributed by atoms with Crippen LogP contribution in [0.3, 0.4) is 0 Å². The quantitative estimate of drug-likeness (QED) is 0.311. The lowest BCUT2D eigenvalue weighted by molar-refractivity contribution is -0.143. The molecule has 0 fully saturated rings. The van der Waals surface area contributed by atoms with Gasteiger partial charge in [0.2, 0.25) is 11.8 Å². The number of benzene rings is 1. The number of carbonyl (C=O) groups is 2. The highest BCUT2D eigenvalue weighted by atomic mass is 16.5. The summed E-state index contributed by atoms with van der Waals surface area (Å²) in [6, 6.07) is 9.44. The molecule has 0 N–H and O–H groups in total. The number of furan rings is 1. The Labute approximate surface area is 223 Å². The van der Waals surface area contributed by atoms with E-state index in [-0.39, 0.29) is 35.7 Å². The molecule has 1 heterocycles. The highest BCUT2D eigenvalue weighted by Crippen LogP contribution is 2.28. The Morgan fingerprint density at radius 3 is 2.30 bits per heavy atom. The molecule has 2 atom stereocenters. The number of ether oxygens (including phenoxy) is 2. The molecule has 0 aliphatic carbocycles. The molecule has 0 saturated heterocycles. The van der Waals surface area contributed by atoms with Gasteiger partial charge in [-0.05, 0) is 67.3 Å². The molecule has 206 valence electrons. The molecule has 7 nitrogen and oxygen atoms in total.